The van der Waals surface area contributed by atoms with E-state index in [-0.39, 0.29) is 5.78 Å². The van der Waals surface area contributed by atoms with Crippen molar-refractivity contribution in [2.24, 2.45) is 0 Å². The molecule has 0 bridgehead atoms. The topological polar surface area (TPSA) is 17.1 Å². The van der Waals surface area contributed by atoms with Gasteiger partial charge in [-0.1, -0.05) is 55.1 Å². The summed E-state index contributed by atoms with van der Waals surface area (Å²) in [6, 6.07) is 9.28. The SMILES string of the molecule is C=C(C(=O)c1ccccc1)C1=CCCC=C1. The second kappa shape index (κ2) is 4.75. The normalized spacial score (nSPS) is 14.4. The minimum absolute atomic E-state index is 0.0124. The zero-order valence-corrected chi connectivity index (χ0v) is 9.15. The van der Waals surface area contributed by atoms with Crippen molar-refractivity contribution < 1.29 is 4.79 Å². The minimum atomic E-state index is 0.0124. The Balaban J connectivity index is 2.20. The van der Waals surface area contributed by atoms with Crippen molar-refractivity contribution in [1.82, 2.24) is 0 Å². The number of carbonyl (C=O) groups excluding carboxylic acids is 1. The molecule has 1 nitrogen and oxygen atoms in total. The van der Waals surface area contributed by atoms with Gasteiger partial charge in [-0.2, -0.15) is 0 Å². The van der Waals surface area contributed by atoms with Crippen LogP contribution in [0.4, 0.5) is 0 Å². The Morgan fingerprint density at radius 3 is 2.50 bits per heavy atom. The van der Waals surface area contributed by atoms with Crippen LogP contribution in [0.1, 0.15) is 23.2 Å². The van der Waals surface area contributed by atoms with Crippen LogP contribution in [-0.4, -0.2) is 5.78 Å². The van der Waals surface area contributed by atoms with Gasteiger partial charge in [0.2, 0.25) is 0 Å². The van der Waals surface area contributed by atoms with E-state index >= 15 is 0 Å². The third-order valence-corrected chi connectivity index (χ3v) is 2.65. The molecule has 0 aliphatic heterocycles. The fourth-order valence-corrected chi connectivity index (χ4v) is 1.73. The maximum Gasteiger partial charge on any atom is 0.193 e. The Hall–Kier alpha value is -1.89. The maximum atomic E-state index is 12.1. The van der Waals surface area contributed by atoms with Gasteiger partial charge in [0, 0.05) is 11.1 Å². The van der Waals surface area contributed by atoms with Crippen LogP contribution in [0.5, 0.6) is 0 Å². The zero-order chi connectivity index (χ0) is 11.4. The minimum Gasteiger partial charge on any atom is -0.289 e. The lowest BCUT2D eigenvalue weighted by molar-refractivity contribution is 0.103. The van der Waals surface area contributed by atoms with Gasteiger partial charge in [0.25, 0.3) is 0 Å². The number of allylic oxidation sites excluding steroid dienone is 5. The van der Waals surface area contributed by atoms with Gasteiger partial charge in [0.15, 0.2) is 5.78 Å². The van der Waals surface area contributed by atoms with Crippen LogP contribution in [0.2, 0.25) is 0 Å². The van der Waals surface area contributed by atoms with Crippen molar-refractivity contribution in [3.05, 3.63) is 71.8 Å². The molecule has 0 unspecified atom stereocenters. The first-order valence-corrected chi connectivity index (χ1v) is 5.45. The van der Waals surface area contributed by atoms with E-state index in [0.29, 0.717) is 11.1 Å². The van der Waals surface area contributed by atoms with Crippen molar-refractivity contribution in [3.8, 4) is 0 Å². The fourth-order valence-electron chi connectivity index (χ4n) is 1.73. The van der Waals surface area contributed by atoms with E-state index < -0.39 is 0 Å². The molecule has 80 valence electrons. The van der Waals surface area contributed by atoms with Crippen LogP contribution in [0, 0.1) is 0 Å². The first kappa shape index (κ1) is 10.6. The van der Waals surface area contributed by atoms with Crippen LogP contribution in [0.25, 0.3) is 0 Å². The monoisotopic (exact) mass is 210 g/mol. The first-order valence-electron chi connectivity index (χ1n) is 5.45. The van der Waals surface area contributed by atoms with Crippen molar-refractivity contribution in [3.63, 3.8) is 0 Å². The quantitative estimate of drug-likeness (QED) is 0.549. The summed E-state index contributed by atoms with van der Waals surface area (Å²) >= 11 is 0. The lowest BCUT2D eigenvalue weighted by Gasteiger charge is -2.09. The fraction of sp³-hybridized carbons (Fsp3) is 0.133. The van der Waals surface area contributed by atoms with E-state index in [1.165, 1.54) is 0 Å². The van der Waals surface area contributed by atoms with Crippen LogP contribution >= 0.6 is 0 Å². The molecule has 0 spiro atoms. The molecular formula is C15H14O. The number of hydrogen-bond acceptors (Lipinski definition) is 1. The summed E-state index contributed by atoms with van der Waals surface area (Å²) in [7, 11) is 0. The van der Waals surface area contributed by atoms with Gasteiger partial charge in [-0.3, -0.25) is 4.79 Å². The van der Waals surface area contributed by atoms with Crippen molar-refractivity contribution in [2.75, 3.05) is 0 Å². The lowest BCUT2D eigenvalue weighted by atomic mass is 9.94. The van der Waals surface area contributed by atoms with Gasteiger partial charge in [0.05, 0.1) is 0 Å². The number of Topliss-reactive ketones (excluding diaryl/α,β-unsaturated/α-hetero) is 1. The molecule has 0 amide bonds. The Bertz CT molecular complexity index is 463. The van der Waals surface area contributed by atoms with E-state index in [1.54, 1.807) is 0 Å². The molecule has 1 aromatic carbocycles. The standard InChI is InChI=1S/C15H14O/c1-12(13-8-4-2-5-9-13)15(16)14-10-6-3-7-11-14/h3-4,6-11H,1-2,5H2. The molecule has 2 rings (SSSR count). The van der Waals surface area contributed by atoms with E-state index in [9.17, 15) is 4.79 Å². The highest BCUT2D eigenvalue weighted by Crippen LogP contribution is 2.20. The van der Waals surface area contributed by atoms with Gasteiger partial charge in [-0.15, -0.1) is 0 Å². The summed E-state index contributed by atoms with van der Waals surface area (Å²) in [6.07, 6.45) is 8.18. The van der Waals surface area contributed by atoms with E-state index in [0.717, 1.165) is 18.4 Å². The molecule has 1 aromatic rings. The summed E-state index contributed by atoms with van der Waals surface area (Å²) in [6.45, 7) is 3.89. The predicted molar refractivity (Wildman–Crippen MR) is 66.4 cm³/mol. The third kappa shape index (κ3) is 2.19. The molecule has 0 saturated heterocycles. The Kier molecular flexibility index (Phi) is 3.16. The van der Waals surface area contributed by atoms with Gasteiger partial charge in [-0.05, 0) is 18.4 Å². The number of carbonyl (C=O) groups is 1. The van der Waals surface area contributed by atoms with Crippen LogP contribution in [0.3, 0.4) is 0 Å². The molecule has 0 saturated carbocycles. The largest absolute Gasteiger partial charge is 0.289 e. The van der Waals surface area contributed by atoms with Gasteiger partial charge < -0.3 is 0 Å². The Labute approximate surface area is 95.8 Å². The smallest absolute Gasteiger partial charge is 0.193 e. The average Bonchev–Trinajstić information content (AvgIpc) is 2.39. The van der Waals surface area contributed by atoms with E-state index in [4.69, 9.17) is 0 Å². The zero-order valence-electron chi connectivity index (χ0n) is 9.15. The average molecular weight is 210 g/mol. The highest BCUT2D eigenvalue weighted by molar-refractivity contribution is 6.11. The molecule has 1 aliphatic rings. The molecule has 0 atom stereocenters. The molecule has 0 heterocycles. The summed E-state index contributed by atoms with van der Waals surface area (Å²) in [4.78, 5) is 12.1. The van der Waals surface area contributed by atoms with Crippen LogP contribution in [0.15, 0.2) is 66.3 Å². The summed E-state index contributed by atoms with van der Waals surface area (Å²) in [5, 5.41) is 0. The highest BCUT2D eigenvalue weighted by Gasteiger charge is 2.12. The second-order valence-electron chi connectivity index (χ2n) is 3.81. The first-order chi connectivity index (χ1) is 7.79. The highest BCUT2D eigenvalue weighted by atomic mass is 16.1. The Morgan fingerprint density at radius 2 is 1.88 bits per heavy atom. The van der Waals surface area contributed by atoms with Crippen LogP contribution < -0.4 is 0 Å². The third-order valence-electron chi connectivity index (χ3n) is 2.65. The van der Waals surface area contributed by atoms with Gasteiger partial charge in [-0.25, -0.2) is 0 Å². The van der Waals surface area contributed by atoms with E-state index in [1.807, 2.05) is 36.4 Å². The van der Waals surface area contributed by atoms with Crippen molar-refractivity contribution in [1.29, 1.82) is 0 Å². The number of benzene rings is 1. The molecule has 0 aromatic heterocycles. The van der Waals surface area contributed by atoms with Crippen LogP contribution in [-0.2, 0) is 0 Å². The number of hydrogen-bond donors (Lipinski definition) is 0. The summed E-state index contributed by atoms with van der Waals surface area (Å²) in [5.41, 5.74) is 2.25. The summed E-state index contributed by atoms with van der Waals surface area (Å²) in [5.74, 6) is 0.0124. The number of rotatable bonds is 3. The molecule has 0 N–H and O–H groups in total. The van der Waals surface area contributed by atoms with Gasteiger partial charge >= 0.3 is 0 Å². The van der Waals surface area contributed by atoms with Gasteiger partial charge in [0.1, 0.15) is 0 Å². The molecular weight excluding hydrogens is 196 g/mol. The molecule has 16 heavy (non-hydrogen) atoms. The molecule has 1 heteroatoms. The van der Waals surface area contributed by atoms with Crippen molar-refractivity contribution >= 4 is 5.78 Å². The Morgan fingerprint density at radius 1 is 1.12 bits per heavy atom. The molecule has 0 fully saturated rings. The number of ketones is 1. The van der Waals surface area contributed by atoms with E-state index in [2.05, 4.69) is 18.7 Å². The lowest BCUT2D eigenvalue weighted by Crippen LogP contribution is -2.04. The summed E-state index contributed by atoms with van der Waals surface area (Å²) < 4.78 is 0. The molecule has 1 aliphatic carbocycles. The maximum absolute atomic E-state index is 12.1. The predicted octanol–water partition coefficient (Wildman–Crippen LogP) is 3.70. The molecule has 0 radical (unpaired) electrons. The van der Waals surface area contributed by atoms with Crippen molar-refractivity contribution in [2.45, 2.75) is 12.8 Å². The second-order valence-corrected chi connectivity index (χ2v) is 3.81.